The van der Waals surface area contributed by atoms with Gasteiger partial charge in [-0.2, -0.15) is 0 Å². The fourth-order valence-electron chi connectivity index (χ4n) is 2.06. The van der Waals surface area contributed by atoms with Crippen LogP contribution in [0.4, 0.5) is 10.5 Å². The number of nitro groups is 1. The van der Waals surface area contributed by atoms with Crippen LogP contribution in [0.25, 0.3) is 0 Å². The summed E-state index contributed by atoms with van der Waals surface area (Å²) in [6.45, 7) is 1.76. The van der Waals surface area contributed by atoms with Crippen LogP contribution >= 0.6 is 0 Å². The highest BCUT2D eigenvalue weighted by molar-refractivity contribution is 5.91. The number of non-ortho nitro benzene ring substituents is 1. The molecular formula is C13H15N3O5. The maximum Gasteiger partial charge on any atom is 0.411 e. The van der Waals surface area contributed by atoms with Gasteiger partial charge in [-0.15, -0.1) is 0 Å². The fraction of sp³-hybridized carbons (Fsp3) is 0.385. The van der Waals surface area contributed by atoms with Gasteiger partial charge < -0.3 is 10.1 Å². The average molecular weight is 293 g/mol. The molecular weight excluding hydrogens is 278 g/mol. The molecule has 2 amide bonds. The fourth-order valence-corrected chi connectivity index (χ4v) is 2.06. The minimum Gasteiger partial charge on any atom is -0.445 e. The van der Waals surface area contributed by atoms with Gasteiger partial charge >= 0.3 is 6.09 Å². The molecule has 1 heterocycles. The second-order valence-corrected chi connectivity index (χ2v) is 4.69. The van der Waals surface area contributed by atoms with Crippen molar-refractivity contribution in [1.29, 1.82) is 0 Å². The lowest BCUT2D eigenvalue weighted by molar-refractivity contribution is -0.384. The number of benzene rings is 1. The van der Waals surface area contributed by atoms with Gasteiger partial charge in [0.05, 0.1) is 11.0 Å². The predicted molar refractivity (Wildman–Crippen MR) is 72.4 cm³/mol. The van der Waals surface area contributed by atoms with Crippen molar-refractivity contribution >= 4 is 17.7 Å². The summed E-state index contributed by atoms with van der Waals surface area (Å²) in [5.74, 6) is -0.227. The first-order valence-electron chi connectivity index (χ1n) is 6.35. The molecule has 0 aliphatic carbocycles. The van der Waals surface area contributed by atoms with E-state index in [9.17, 15) is 19.7 Å². The Bertz CT molecular complexity index is 572. The molecule has 8 heteroatoms. The monoisotopic (exact) mass is 293 g/mol. The van der Waals surface area contributed by atoms with Gasteiger partial charge in [-0.3, -0.25) is 19.8 Å². The van der Waals surface area contributed by atoms with E-state index in [0.717, 1.165) is 0 Å². The highest BCUT2D eigenvalue weighted by Gasteiger charge is 2.53. The molecule has 1 aliphatic rings. The van der Waals surface area contributed by atoms with Crippen molar-refractivity contribution in [2.75, 3.05) is 7.05 Å². The Morgan fingerprint density at radius 2 is 2.00 bits per heavy atom. The lowest BCUT2D eigenvalue weighted by atomic mass is 10.2. The van der Waals surface area contributed by atoms with Crippen molar-refractivity contribution in [3.63, 3.8) is 0 Å². The molecule has 8 nitrogen and oxygen atoms in total. The van der Waals surface area contributed by atoms with Crippen LogP contribution in [-0.2, 0) is 16.1 Å². The van der Waals surface area contributed by atoms with E-state index in [4.69, 9.17) is 4.74 Å². The molecule has 0 bridgehead atoms. The molecule has 1 saturated heterocycles. The summed E-state index contributed by atoms with van der Waals surface area (Å²) in [5.41, 5.74) is 0.615. The zero-order valence-electron chi connectivity index (χ0n) is 11.6. The van der Waals surface area contributed by atoms with Crippen LogP contribution in [0.3, 0.4) is 0 Å². The van der Waals surface area contributed by atoms with Crippen LogP contribution in [0.15, 0.2) is 24.3 Å². The first-order chi connectivity index (χ1) is 9.95. The summed E-state index contributed by atoms with van der Waals surface area (Å²) in [6, 6.07) is 5.06. The third-order valence-corrected chi connectivity index (χ3v) is 3.34. The molecule has 0 spiro atoms. The maximum absolute atomic E-state index is 11.8. The van der Waals surface area contributed by atoms with Crippen molar-refractivity contribution in [3.8, 4) is 0 Å². The summed E-state index contributed by atoms with van der Waals surface area (Å²) in [7, 11) is 1.51. The largest absolute Gasteiger partial charge is 0.445 e. The third-order valence-electron chi connectivity index (χ3n) is 3.34. The molecule has 1 aromatic carbocycles. The number of carbonyl (C=O) groups is 2. The molecule has 0 unspecified atom stereocenters. The van der Waals surface area contributed by atoms with Gasteiger partial charge in [-0.25, -0.2) is 4.79 Å². The van der Waals surface area contributed by atoms with Crippen molar-refractivity contribution < 1.29 is 19.2 Å². The standard InChI is InChI=1S/C13H15N3O5/c1-8-11(12(17)14-2)15(8)13(18)21-7-9-3-5-10(6-4-9)16(19)20/h3-6,8,11H,7H2,1-2H3,(H,14,17)/t8-,11-,15?/m0/s1. The summed E-state index contributed by atoms with van der Waals surface area (Å²) in [5, 5.41) is 13.0. The minimum atomic E-state index is -0.575. The molecule has 1 fully saturated rings. The van der Waals surface area contributed by atoms with E-state index in [0.29, 0.717) is 5.56 Å². The number of carbonyl (C=O) groups excluding carboxylic acids is 2. The zero-order valence-corrected chi connectivity index (χ0v) is 11.6. The van der Waals surface area contributed by atoms with E-state index in [1.165, 1.54) is 36.2 Å². The average Bonchev–Trinajstić information content (AvgIpc) is 3.15. The van der Waals surface area contributed by atoms with E-state index in [1.54, 1.807) is 6.92 Å². The molecule has 21 heavy (non-hydrogen) atoms. The van der Waals surface area contributed by atoms with Crippen LogP contribution in [0.1, 0.15) is 12.5 Å². The van der Waals surface area contributed by atoms with Crippen molar-refractivity contribution in [2.45, 2.75) is 25.6 Å². The summed E-state index contributed by atoms with van der Waals surface area (Å²) in [6.07, 6.45) is -0.575. The summed E-state index contributed by atoms with van der Waals surface area (Å²) < 4.78 is 5.08. The molecule has 1 aliphatic heterocycles. The van der Waals surface area contributed by atoms with Crippen molar-refractivity contribution in [1.82, 2.24) is 10.2 Å². The Morgan fingerprint density at radius 1 is 1.38 bits per heavy atom. The second-order valence-electron chi connectivity index (χ2n) is 4.69. The smallest absolute Gasteiger partial charge is 0.411 e. The van der Waals surface area contributed by atoms with Gasteiger partial charge in [0, 0.05) is 19.2 Å². The van der Waals surface area contributed by atoms with Crippen LogP contribution in [0.2, 0.25) is 0 Å². The number of rotatable bonds is 4. The Kier molecular flexibility index (Phi) is 4.06. The molecule has 1 aromatic rings. The maximum atomic E-state index is 11.8. The highest BCUT2D eigenvalue weighted by atomic mass is 16.6. The number of hydrogen-bond acceptors (Lipinski definition) is 5. The minimum absolute atomic E-state index is 0.000508. The lowest BCUT2D eigenvalue weighted by Gasteiger charge is -2.06. The van der Waals surface area contributed by atoms with E-state index in [2.05, 4.69) is 5.32 Å². The second kappa shape index (κ2) is 5.78. The Morgan fingerprint density at radius 3 is 2.52 bits per heavy atom. The number of amides is 2. The summed E-state index contributed by atoms with van der Waals surface area (Å²) >= 11 is 0. The number of ether oxygens (including phenoxy) is 1. The first-order valence-corrected chi connectivity index (χ1v) is 6.35. The molecule has 2 atom stereocenters. The van der Waals surface area contributed by atoms with Crippen molar-refractivity contribution in [3.05, 3.63) is 39.9 Å². The molecule has 0 saturated carbocycles. The Hall–Kier alpha value is -2.64. The highest BCUT2D eigenvalue weighted by Crippen LogP contribution is 2.29. The zero-order chi connectivity index (χ0) is 15.6. The van der Waals surface area contributed by atoms with E-state index < -0.39 is 17.1 Å². The predicted octanol–water partition coefficient (Wildman–Crippen LogP) is 1.05. The molecule has 112 valence electrons. The molecule has 0 radical (unpaired) electrons. The van der Waals surface area contributed by atoms with Crippen molar-refractivity contribution in [2.24, 2.45) is 0 Å². The lowest BCUT2D eigenvalue weighted by Crippen LogP contribution is -2.28. The number of likely N-dealkylation sites (N-methyl/N-ethyl adjacent to an activating group) is 1. The molecule has 1 N–H and O–H groups in total. The van der Waals surface area contributed by atoms with Gasteiger partial charge in [0.2, 0.25) is 5.91 Å². The SMILES string of the molecule is CNC(=O)[C@@H]1[C@H](C)N1C(=O)OCc1ccc([N+](=O)[O-])cc1. The van der Waals surface area contributed by atoms with Gasteiger partial charge in [0.15, 0.2) is 0 Å². The van der Waals surface area contributed by atoms with Crippen LogP contribution in [0.5, 0.6) is 0 Å². The van der Waals surface area contributed by atoms with E-state index in [1.807, 2.05) is 0 Å². The van der Waals surface area contributed by atoms with Gasteiger partial charge in [0.25, 0.3) is 5.69 Å². The van der Waals surface area contributed by atoms with Gasteiger partial charge in [-0.1, -0.05) is 0 Å². The number of nitrogens with zero attached hydrogens (tertiary/aromatic N) is 2. The summed E-state index contributed by atoms with van der Waals surface area (Å²) in [4.78, 5) is 34.6. The van der Waals surface area contributed by atoms with Crippen LogP contribution in [0, 0.1) is 10.1 Å². The first kappa shape index (κ1) is 14.8. The van der Waals surface area contributed by atoms with Crippen LogP contribution in [-0.4, -0.2) is 41.0 Å². The normalized spacial score (nSPS) is 19.8. The van der Waals surface area contributed by atoms with Crippen LogP contribution < -0.4 is 5.32 Å². The number of nitrogens with one attached hydrogen (secondary N) is 1. The van der Waals surface area contributed by atoms with Gasteiger partial charge in [0.1, 0.15) is 12.6 Å². The Labute approximate surface area is 120 Å². The molecule has 2 rings (SSSR count). The number of hydrogen-bond donors (Lipinski definition) is 1. The third kappa shape index (κ3) is 3.10. The van der Waals surface area contributed by atoms with Gasteiger partial charge in [-0.05, 0) is 24.6 Å². The number of nitro benzene ring substituents is 1. The topological polar surface area (TPSA) is 102 Å². The Balaban J connectivity index is 1.87. The van der Waals surface area contributed by atoms with E-state index in [-0.39, 0.29) is 24.2 Å². The molecule has 0 aromatic heterocycles. The quantitative estimate of drug-likeness (QED) is 0.508. The van der Waals surface area contributed by atoms with E-state index >= 15 is 0 Å².